The Hall–Kier alpha value is -1.36. The van der Waals surface area contributed by atoms with Gasteiger partial charge in [-0.3, -0.25) is 4.79 Å². The lowest BCUT2D eigenvalue weighted by Crippen LogP contribution is -2.45. The molecule has 0 spiro atoms. The zero-order chi connectivity index (χ0) is 11.4. The maximum absolute atomic E-state index is 11.6. The number of rotatable bonds is 3. The number of hydrogen-bond donors (Lipinski definition) is 2. The van der Waals surface area contributed by atoms with E-state index < -0.39 is 0 Å². The average molecular weight is 238 g/mol. The van der Waals surface area contributed by atoms with E-state index >= 15 is 0 Å². The summed E-state index contributed by atoms with van der Waals surface area (Å²) in [5.41, 5.74) is 0. The van der Waals surface area contributed by atoms with Crippen LogP contribution in [0.15, 0.2) is 22.8 Å². The molecule has 16 heavy (non-hydrogen) atoms. The first-order chi connectivity index (χ1) is 7.75. The van der Waals surface area contributed by atoms with Crippen LogP contribution in [-0.2, 0) is 11.3 Å². The molecule has 1 saturated carbocycles. The summed E-state index contributed by atoms with van der Waals surface area (Å²) in [7, 11) is 0. The Morgan fingerprint density at radius 3 is 2.94 bits per heavy atom. The van der Waals surface area contributed by atoms with E-state index in [1.807, 2.05) is 6.07 Å². The second-order valence-corrected chi connectivity index (χ2v) is 4.27. The van der Waals surface area contributed by atoms with Crippen molar-refractivity contribution in [1.29, 1.82) is 0 Å². The third kappa shape index (κ3) is 2.82. The molecule has 0 aliphatic heterocycles. The largest absolute Gasteiger partial charge is 0.467 e. The van der Waals surface area contributed by atoms with Gasteiger partial charge in [-0.05, 0) is 31.4 Å². The third-order valence-corrected chi connectivity index (χ3v) is 2.95. The summed E-state index contributed by atoms with van der Waals surface area (Å²) in [6.07, 6.45) is 5.00. The standard InChI is InChI=1S/C11H14N2O2S/c14-10(11(16)13-8-3-1-4-8)12-7-9-5-2-6-15-9/h2,5-6,8H,1,3-4,7H2,(H,12,14)(H,13,16). The molecule has 1 heterocycles. The van der Waals surface area contributed by atoms with Gasteiger partial charge < -0.3 is 15.1 Å². The van der Waals surface area contributed by atoms with E-state index in [9.17, 15) is 4.79 Å². The number of nitrogens with one attached hydrogen (secondary N) is 2. The van der Waals surface area contributed by atoms with Gasteiger partial charge in [-0.1, -0.05) is 12.2 Å². The molecule has 1 aliphatic carbocycles. The monoisotopic (exact) mass is 238 g/mol. The number of carbonyl (C=O) groups excluding carboxylic acids is 1. The summed E-state index contributed by atoms with van der Waals surface area (Å²) < 4.78 is 5.10. The molecule has 5 heteroatoms. The molecule has 2 rings (SSSR count). The van der Waals surface area contributed by atoms with Gasteiger partial charge in [0.2, 0.25) is 0 Å². The highest BCUT2D eigenvalue weighted by Gasteiger charge is 2.20. The van der Waals surface area contributed by atoms with Crippen LogP contribution in [0, 0.1) is 0 Å². The molecule has 1 amide bonds. The number of furan rings is 1. The summed E-state index contributed by atoms with van der Waals surface area (Å²) in [5, 5.41) is 5.74. The van der Waals surface area contributed by atoms with E-state index in [1.54, 1.807) is 12.3 Å². The van der Waals surface area contributed by atoms with Crippen molar-refractivity contribution in [2.24, 2.45) is 0 Å². The highest BCUT2D eigenvalue weighted by atomic mass is 32.1. The quantitative estimate of drug-likeness (QED) is 0.781. The molecule has 0 unspecified atom stereocenters. The maximum Gasteiger partial charge on any atom is 0.279 e. The van der Waals surface area contributed by atoms with Crippen molar-refractivity contribution in [3.63, 3.8) is 0 Å². The van der Waals surface area contributed by atoms with Gasteiger partial charge in [0.05, 0.1) is 12.8 Å². The lowest BCUT2D eigenvalue weighted by molar-refractivity contribution is -0.115. The summed E-state index contributed by atoms with van der Waals surface area (Å²) in [6.45, 7) is 0.373. The van der Waals surface area contributed by atoms with Crippen molar-refractivity contribution in [2.45, 2.75) is 31.8 Å². The summed E-state index contributed by atoms with van der Waals surface area (Å²) in [4.78, 5) is 11.8. The van der Waals surface area contributed by atoms with E-state index in [4.69, 9.17) is 16.6 Å². The second kappa shape index (κ2) is 5.12. The average Bonchev–Trinajstić information content (AvgIpc) is 2.72. The molecule has 2 N–H and O–H groups in total. The highest BCUT2D eigenvalue weighted by Crippen LogP contribution is 2.17. The van der Waals surface area contributed by atoms with E-state index in [0.717, 1.165) is 18.6 Å². The van der Waals surface area contributed by atoms with Crippen molar-refractivity contribution < 1.29 is 9.21 Å². The fraction of sp³-hybridized carbons (Fsp3) is 0.455. The van der Waals surface area contributed by atoms with Gasteiger partial charge in [0, 0.05) is 6.04 Å². The Balaban J connectivity index is 1.72. The minimum atomic E-state index is -0.238. The molecule has 0 radical (unpaired) electrons. The first-order valence-corrected chi connectivity index (χ1v) is 5.77. The SMILES string of the molecule is O=C(NCc1ccco1)C(=S)NC1CCC1. The van der Waals surface area contributed by atoms with Crippen LogP contribution < -0.4 is 10.6 Å². The highest BCUT2D eigenvalue weighted by molar-refractivity contribution is 7.82. The second-order valence-electron chi connectivity index (χ2n) is 3.86. The Labute approximate surface area is 99.4 Å². The molecule has 4 nitrogen and oxygen atoms in total. The molecule has 1 aliphatic rings. The van der Waals surface area contributed by atoms with E-state index in [2.05, 4.69) is 10.6 Å². The smallest absolute Gasteiger partial charge is 0.279 e. The minimum Gasteiger partial charge on any atom is -0.467 e. The van der Waals surface area contributed by atoms with Crippen LogP contribution in [0.25, 0.3) is 0 Å². The fourth-order valence-electron chi connectivity index (χ4n) is 1.46. The van der Waals surface area contributed by atoms with E-state index in [-0.39, 0.29) is 10.9 Å². The van der Waals surface area contributed by atoms with Gasteiger partial charge in [0.1, 0.15) is 5.76 Å². The van der Waals surface area contributed by atoms with Crippen molar-refractivity contribution in [1.82, 2.24) is 10.6 Å². The lowest BCUT2D eigenvalue weighted by atomic mass is 9.93. The predicted octanol–water partition coefficient (Wildman–Crippen LogP) is 1.37. The van der Waals surface area contributed by atoms with Crippen LogP contribution in [0.4, 0.5) is 0 Å². The Morgan fingerprint density at radius 2 is 2.38 bits per heavy atom. The maximum atomic E-state index is 11.6. The summed E-state index contributed by atoms with van der Waals surface area (Å²) in [6, 6.07) is 3.98. The van der Waals surface area contributed by atoms with Gasteiger partial charge in [-0.15, -0.1) is 0 Å². The van der Waals surface area contributed by atoms with Gasteiger partial charge in [0.25, 0.3) is 5.91 Å². The van der Waals surface area contributed by atoms with Crippen molar-refractivity contribution in [3.05, 3.63) is 24.2 Å². The van der Waals surface area contributed by atoms with Crippen LogP contribution >= 0.6 is 12.2 Å². The zero-order valence-electron chi connectivity index (χ0n) is 8.86. The van der Waals surface area contributed by atoms with Gasteiger partial charge in [-0.2, -0.15) is 0 Å². The van der Waals surface area contributed by atoms with E-state index in [0.29, 0.717) is 12.6 Å². The summed E-state index contributed by atoms with van der Waals surface area (Å²) >= 11 is 4.99. The first kappa shape index (κ1) is 11.1. The van der Waals surface area contributed by atoms with Crippen LogP contribution in [-0.4, -0.2) is 16.9 Å². The molecule has 1 aromatic rings. The topological polar surface area (TPSA) is 54.3 Å². The van der Waals surface area contributed by atoms with E-state index in [1.165, 1.54) is 6.42 Å². The van der Waals surface area contributed by atoms with Crippen molar-refractivity contribution >= 4 is 23.1 Å². The summed E-state index contributed by atoms with van der Waals surface area (Å²) in [5.74, 6) is 0.484. The number of hydrogen-bond acceptors (Lipinski definition) is 3. The molecule has 0 atom stereocenters. The predicted molar refractivity (Wildman–Crippen MR) is 63.9 cm³/mol. The molecule has 0 saturated heterocycles. The molecule has 86 valence electrons. The Bertz CT molecular complexity index is 371. The molecule has 0 aromatic carbocycles. The number of thiocarbonyl (C=S) groups is 1. The Kier molecular flexibility index (Phi) is 3.56. The normalized spacial score (nSPS) is 15.2. The minimum absolute atomic E-state index is 0.238. The Morgan fingerprint density at radius 1 is 1.56 bits per heavy atom. The third-order valence-electron chi connectivity index (χ3n) is 2.65. The van der Waals surface area contributed by atoms with Crippen molar-refractivity contribution in [3.8, 4) is 0 Å². The fourth-order valence-corrected chi connectivity index (χ4v) is 1.70. The number of carbonyl (C=O) groups is 1. The lowest BCUT2D eigenvalue weighted by Gasteiger charge is -2.27. The van der Waals surface area contributed by atoms with Crippen LogP contribution in [0.3, 0.4) is 0 Å². The van der Waals surface area contributed by atoms with Crippen LogP contribution in [0.5, 0.6) is 0 Å². The van der Waals surface area contributed by atoms with Gasteiger partial charge >= 0.3 is 0 Å². The molecule has 1 aromatic heterocycles. The zero-order valence-corrected chi connectivity index (χ0v) is 9.68. The van der Waals surface area contributed by atoms with Crippen LogP contribution in [0.1, 0.15) is 25.0 Å². The van der Waals surface area contributed by atoms with Crippen molar-refractivity contribution in [2.75, 3.05) is 0 Å². The first-order valence-electron chi connectivity index (χ1n) is 5.37. The molecular weight excluding hydrogens is 224 g/mol. The molecule has 0 bridgehead atoms. The van der Waals surface area contributed by atoms with Gasteiger partial charge in [-0.25, -0.2) is 0 Å². The molecular formula is C11H14N2O2S. The number of amides is 1. The van der Waals surface area contributed by atoms with Crippen LogP contribution in [0.2, 0.25) is 0 Å². The van der Waals surface area contributed by atoms with Gasteiger partial charge in [0.15, 0.2) is 4.99 Å². The molecule has 1 fully saturated rings.